The first-order chi connectivity index (χ1) is 11.2. The van der Waals surface area contributed by atoms with Crippen molar-refractivity contribution in [3.63, 3.8) is 0 Å². The molecule has 0 bridgehead atoms. The second kappa shape index (κ2) is 8.29. The number of carboxylic acid groups (broad SMARTS) is 1. The number of aliphatic carboxylic acids is 1. The highest BCUT2D eigenvalue weighted by Gasteiger charge is 2.38. The lowest BCUT2D eigenvalue weighted by molar-refractivity contribution is -0.192. The van der Waals surface area contributed by atoms with E-state index in [1.807, 2.05) is 0 Å². The predicted molar refractivity (Wildman–Crippen MR) is 75.0 cm³/mol. The molecule has 2 rings (SSSR count). The number of hydrogen-bond acceptors (Lipinski definition) is 4. The summed E-state index contributed by atoms with van der Waals surface area (Å²) in [5, 5.41) is 9.84. The van der Waals surface area contributed by atoms with Gasteiger partial charge in [-0.25, -0.2) is 9.18 Å². The van der Waals surface area contributed by atoms with Gasteiger partial charge in [-0.05, 0) is 23.8 Å². The van der Waals surface area contributed by atoms with E-state index in [1.54, 1.807) is 18.2 Å². The number of halogens is 4. The minimum atomic E-state index is -5.08. The van der Waals surface area contributed by atoms with Crippen LogP contribution in [0.25, 0.3) is 0 Å². The van der Waals surface area contributed by atoms with E-state index < -0.39 is 12.1 Å². The molecule has 1 aliphatic rings. The number of amides is 1. The van der Waals surface area contributed by atoms with Crippen LogP contribution in [0.3, 0.4) is 0 Å². The normalized spacial score (nSPS) is 13.5. The lowest BCUT2D eigenvalue weighted by Crippen LogP contribution is -2.21. The first kappa shape index (κ1) is 19.4. The van der Waals surface area contributed by atoms with Crippen molar-refractivity contribution in [3.05, 3.63) is 41.2 Å². The second-order valence-corrected chi connectivity index (χ2v) is 4.56. The van der Waals surface area contributed by atoms with Crippen LogP contribution in [0.4, 0.5) is 17.6 Å². The topological polar surface area (TPSA) is 102 Å². The number of benzene rings is 1. The third kappa shape index (κ3) is 5.54. The molecule has 1 heterocycles. The molecule has 0 fully saturated rings. The highest BCUT2D eigenvalue weighted by Crippen LogP contribution is 2.22. The Balaban J connectivity index is 0.000000351. The van der Waals surface area contributed by atoms with Crippen LogP contribution in [0.5, 0.6) is 5.75 Å². The molecule has 0 saturated heterocycles. The number of nitrogens with two attached hydrogens (primary N) is 1. The summed E-state index contributed by atoms with van der Waals surface area (Å²) in [6, 6.07) is 5.17. The Labute approximate surface area is 133 Å². The van der Waals surface area contributed by atoms with E-state index in [9.17, 15) is 22.4 Å². The number of carboxylic acids is 1. The second-order valence-electron chi connectivity index (χ2n) is 4.56. The van der Waals surface area contributed by atoms with Crippen molar-refractivity contribution in [3.8, 4) is 5.75 Å². The Hall–Kier alpha value is -2.62. The van der Waals surface area contributed by atoms with Gasteiger partial charge in [-0.3, -0.25) is 4.79 Å². The van der Waals surface area contributed by atoms with Crippen molar-refractivity contribution in [2.24, 2.45) is 5.73 Å². The van der Waals surface area contributed by atoms with Gasteiger partial charge in [0.2, 0.25) is 0 Å². The number of nitrogens with one attached hydrogen (secondary N) is 1. The number of hydrogen-bond donors (Lipinski definition) is 3. The third-order valence-electron chi connectivity index (χ3n) is 2.84. The van der Waals surface area contributed by atoms with Gasteiger partial charge in [-0.2, -0.15) is 13.2 Å². The summed E-state index contributed by atoms with van der Waals surface area (Å²) >= 11 is 0. The van der Waals surface area contributed by atoms with Gasteiger partial charge in [-0.15, -0.1) is 0 Å². The maximum Gasteiger partial charge on any atom is 0.490 e. The zero-order valence-electron chi connectivity index (χ0n) is 12.2. The van der Waals surface area contributed by atoms with Gasteiger partial charge in [0.15, 0.2) is 0 Å². The number of carbonyl (C=O) groups excluding carboxylic acids is 1. The minimum absolute atomic E-state index is 0.0714. The molecule has 1 aromatic rings. The van der Waals surface area contributed by atoms with Crippen LogP contribution < -0.4 is 15.8 Å². The van der Waals surface area contributed by atoms with Crippen LogP contribution in [0, 0.1) is 0 Å². The molecule has 132 valence electrons. The fourth-order valence-electron chi connectivity index (χ4n) is 1.61. The molecule has 4 N–H and O–H groups in total. The van der Waals surface area contributed by atoms with Crippen LogP contribution in [0.2, 0.25) is 0 Å². The van der Waals surface area contributed by atoms with Crippen LogP contribution >= 0.6 is 0 Å². The summed E-state index contributed by atoms with van der Waals surface area (Å²) in [7, 11) is 0. The van der Waals surface area contributed by atoms with E-state index in [4.69, 9.17) is 20.4 Å². The van der Waals surface area contributed by atoms with Crippen molar-refractivity contribution in [2.45, 2.75) is 12.7 Å². The first-order valence-electron chi connectivity index (χ1n) is 6.51. The van der Waals surface area contributed by atoms with Crippen molar-refractivity contribution >= 4 is 11.9 Å². The quantitative estimate of drug-likeness (QED) is 0.718. The van der Waals surface area contributed by atoms with Crippen molar-refractivity contribution < 1.29 is 37.0 Å². The molecular formula is C14H14F4N2O4. The van der Waals surface area contributed by atoms with Crippen LogP contribution in [0.1, 0.15) is 15.9 Å². The molecule has 6 nitrogen and oxygen atoms in total. The minimum Gasteiger partial charge on any atom is -0.489 e. The van der Waals surface area contributed by atoms with Crippen molar-refractivity contribution in [1.82, 2.24) is 5.32 Å². The molecule has 10 heteroatoms. The van der Waals surface area contributed by atoms with E-state index in [0.717, 1.165) is 5.56 Å². The van der Waals surface area contributed by atoms with Gasteiger partial charge in [-0.1, -0.05) is 0 Å². The summed E-state index contributed by atoms with van der Waals surface area (Å²) in [6.07, 6.45) is -4.63. The zero-order valence-corrected chi connectivity index (χ0v) is 12.2. The van der Waals surface area contributed by atoms with Gasteiger partial charge in [0.25, 0.3) is 5.91 Å². The van der Waals surface area contributed by atoms with Crippen LogP contribution in [-0.2, 0) is 11.3 Å². The molecule has 0 spiro atoms. The number of rotatable bonds is 4. The van der Waals surface area contributed by atoms with Gasteiger partial charge in [0, 0.05) is 24.2 Å². The number of alkyl halides is 3. The average molecular weight is 350 g/mol. The smallest absolute Gasteiger partial charge is 0.489 e. The molecule has 24 heavy (non-hydrogen) atoms. The molecule has 0 aromatic heterocycles. The molecule has 0 saturated carbocycles. The Morgan fingerprint density at radius 1 is 1.42 bits per heavy atom. The molecule has 1 amide bonds. The first-order valence-corrected chi connectivity index (χ1v) is 6.51. The Bertz CT molecular complexity index is 644. The lowest BCUT2D eigenvalue weighted by Gasteiger charge is -2.08. The van der Waals surface area contributed by atoms with E-state index in [-0.39, 0.29) is 19.1 Å². The summed E-state index contributed by atoms with van der Waals surface area (Å²) in [4.78, 5) is 20.2. The summed E-state index contributed by atoms with van der Waals surface area (Å²) in [5.41, 5.74) is 7.26. The number of carbonyl (C=O) groups is 2. The standard InChI is InChI=1S/C12H13FN2O2.C2HF3O2/c13-4-8(5-14)7-17-10-1-2-11-9(3-10)6-15-12(11)16;3-2(4,5)1(6)7/h1-4H,5-7,14H2,(H,15,16);(H,6,7)/b8-4+;. The average Bonchev–Trinajstić information content (AvgIpc) is 2.89. The Kier molecular flexibility index (Phi) is 6.71. The maximum absolute atomic E-state index is 12.3. The molecule has 0 aliphatic carbocycles. The summed E-state index contributed by atoms with van der Waals surface area (Å²) in [6.45, 7) is 0.753. The molecule has 1 aromatic carbocycles. The maximum atomic E-state index is 12.3. The molecular weight excluding hydrogens is 336 g/mol. The summed E-state index contributed by atoms with van der Waals surface area (Å²) < 4.78 is 49.4. The lowest BCUT2D eigenvalue weighted by atomic mass is 10.1. The largest absolute Gasteiger partial charge is 0.490 e. The van der Waals surface area contributed by atoms with Crippen molar-refractivity contribution in [1.29, 1.82) is 0 Å². The van der Waals surface area contributed by atoms with E-state index in [0.29, 0.717) is 29.8 Å². The van der Waals surface area contributed by atoms with Crippen LogP contribution in [0.15, 0.2) is 30.1 Å². The molecule has 0 atom stereocenters. The fourth-order valence-corrected chi connectivity index (χ4v) is 1.61. The van der Waals surface area contributed by atoms with E-state index in [1.165, 1.54) is 0 Å². The summed E-state index contributed by atoms with van der Waals surface area (Å²) in [5.74, 6) is -2.22. The predicted octanol–water partition coefficient (Wildman–Crippen LogP) is 1.75. The SMILES string of the molecule is NC/C(=C\F)COc1ccc2c(c1)CNC2=O.O=C(O)C(F)(F)F. The Morgan fingerprint density at radius 2 is 2.04 bits per heavy atom. The number of fused-ring (bicyclic) bond motifs is 1. The van der Waals surface area contributed by atoms with Crippen LogP contribution in [-0.4, -0.2) is 36.3 Å². The van der Waals surface area contributed by atoms with Gasteiger partial charge >= 0.3 is 12.1 Å². The number of ether oxygens (including phenoxy) is 1. The third-order valence-corrected chi connectivity index (χ3v) is 2.84. The van der Waals surface area contributed by atoms with E-state index >= 15 is 0 Å². The van der Waals surface area contributed by atoms with Crippen molar-refractivity contribution in [2.75, 3.05) is 13.2 Å². The highest BCUT2D eigenvalue weighted by molar-refractivity contribution is 5.98. The monoisotopic (exact) mass is 350 g/mol. The van der Waals surface area contributed by atoms with Gasteiger partial charge < -0.3 is 20.9 Å². The van der Waals surface area contributed by atoms with Gasteiger partial charge in [0.05, 0.1) is 6.33 Å². The van der Waals surface area contributed by atoms with Gasteiger partial charge in [0.1, 0.15) is 12.4 Å². The van der Waals surface area contributed by atoms with E-state index in [2.05, 4.69) is 5.32 Å². The Morgan fingerprint density at radius 3 is 2.54 bits per heavy atom. The zero-order chi connectivity index (χ0) is 18.3. The molecule has 1 aliphatic heterocycles. The fraction of sp³-hybridized carbons (Fsp3) is 0.286. The molecule has 0 unspecified atom stereocenters. The highest BCUT2D eigenvalue weighted by atomic mass is 19.4. The molecule has 0 radical (unpaired) electrons.